The molecule has 0 fully saturated rings. The minimum atomic E-state index is -0.665. The van der Waals surface area contributed by atoms with Crippen molar-refractivity contribution in [1.29, 1.82) is 0 Å². The second-order valence-electron chi connectivity index (χ2n) is 4.88. The Morgan fingerprint density at radius 3 is 1.50 bits per heavy atom. The Morgan fingerprint density at radius 2 is 1.25 bits per heavy atom. The van der Waals surface area contributed by atoms with Crippen LogP contribution in [0.15, 0.2) is 0 Å². The van der Waals surface area contributed by atoms with Crippen molar-refractivity contribution in [2.24, 2.45) is 0 Å². The molecule has 0 aromatic rings. The molecule has 0 aliphatic heterocycles. The average molecular weight is 271 g/mol. The van der Waals surface area contributed by atoms with Gasteiger partial charge in [-0.3, -0.25) is 0 Å². The van der Waals surface area contributed by atoms with Gasteiger partial charge in [-0.05, 0) is 27.7 Å². The summed E-state index contributed by atoms with van der Waals surface area (Å²) >= 11 is 11.9. The normalized spacial score (nSPS) is 12.4. The maximum atomic E-state index is 11.1. The predicted molar refractivity (Wildman–Crippen MR) is 66.4 cm³/mol. The Kier molecular flexibility index (Phi) is 6.49. The van der Waals surface area contributed by atoms with Crippen LogP contribution in [0.3, 0.4) is 0 Å². The van der Waals surface area contributed by atoms with Gasteiger partial charge in [0.2, 0.25) is 0 Å². The number of alkyl halides is 2. The van der Waals surface area contributed by atoms with E-state index in [9.17, 15) is 4.79 Å². The minimum Gasteiger partial charge on any atom is -0.434 e. The monoisotopic (exact) mass is 270 g/mol. The average Bonchev–Trinajstić information content (AvgIpc) is 1.98. The van der Waals surface area contributed by atoms with Crippen LogP contribution >= 0.6 is 23.2 Å². The SMILES string of the molecule is CC(C)(Cl)CCOC(=O)OCCC(C)(C)Cl. The molecule has 16 heavy (non-hydrogen) atoms. The van der Waals surface area contributed by atoms with Gasteiger partial charge in [0.25, 0.3) is 0 Å². The third-order valence-corrected chi connectivity index (χ3v) is 2.21. The van der Waals surface area contributed by atoms with E-state index in [-0.39, 0.29) is 23.0 Å². The van der Waals surface area contributed by atoms with Crippen molar-refractivity contribution in [3.05, 3.63) is 0 Å². The van der Waals surface area contributed by atoms with E-state index in [1.807, 2.05) is 27.7 Å². The summed E-state index contributed by atoms with van der Waals surface area (Å²) in [6, 6.07) is 0. The highest BCUT2D eigenvalue weighted by Gasteiger charge is 2.16. The van der Waals surface area contributed by atoms with Crippen molar-refractivity contribution in [2.75, 3.05) is 13.2 Å². The van der Waals surface area contributed by atoms with Crippen LogP contribution in [0.1, 0.15) is 40.5 Å². The quantitative estimate of drug-likeness (QED) is 0.542. The van der Waals surface area contributed by atoms with E-state index in [0.29, 0.717) is 12.8 Å². The van der Waals surface area contributed by atoms with E-state index >= 15 is 0 Å². The van der Waals surface area contributed by atoms with E-state index in [0.717, 1.165) is 0 Å². The maximum Gasteiger partial charge on any atom is 0.508 e. The molecule has 0 N–H and O–H groups in total. The molecule has 0 radical (unpaired) electrons. The first-order chi connectivity index (χ1) is 7.10. The number of hydrogen-bond acceptors (Lipinski definition) is 3. The van der Waals surface area contributed by atoms with Gasteiger partial charge < -0.3 is 9.47 Å². The zero-order valence-electron chi connectivity index (χ0n) is 10.3. The van der Waals surface area contributed by atoms with Crippen LogP contribution in [0, 0.1) is 0 Å². The van der Waals surface area contributed by atoms with Gasteiger partial charge in [0, 0.05) is 22.6 Å². The fraction of sp³-hybridized carbons (Fsp3) is 0.909. The topological polar surface area (TPSA) is 35.5 Å². The molecule has 0 bridgehead atoms. The summed E-state index contributed by atoms with van der Waals surface area (Å²) in [5.74, 6) is 0. The van der Waals surface area contributed by atoms with Gasteiger partial charge in [0.15, 0.2) is 0 Å². The van der Waals surface area contributed by atoms with Gasteiger partial charge in [0.05, 0.1) is 13.2 Å². The first-order valence-corrected chi connectivity index (χ1v) is 6.03. The number of hydrogen-bond donors (Lipinski definition) is 0. The highest BCUT2D eigenvalue weighted by Crippen LogP contribution is 2.18. The molecular formula is C11H20Cl2O3. The van der Waals surface area contributed by atoms with E-state index in [4.69, 9.17) is 32.7 Å². The minimum absolute atomic E-state index is 0.263. The standard InChI is InChI=1S/C11H20Cl2O3/c1-10(2,12)5-7-15-9(14)16-8-6-11(3,4)13/h5-8H2,1-4H3. The number of carbonyl (C=O) groups is 1. The fourth-order valence-corrected chi connectivity index (χ4v) is 0.950. The van der Waals surface area contributed by atoms with Crippen LogP contribution < -0.4 is 0 Å². The molecule has 3 nitrogen and oxygen atoms in total. The largest absolute Gasteiger partial charge is 0.508 e. The molecule has 0 atom stereocenters. The van der Waals surface area contributed by atoms with Crippen molar-refractivity contribution in [3.63, 3.8) is 0 Å². The molecule has 0 aromatic carbocycles. The summed E-state index contributed by atoms with van der Waals surface area (Å²) in [6.07, 6.45) is 0.511. The summed E-state index contributed by atoms with van der Waals surface area (Å²) in [7, 11) is 0. The van der Waals surface area contributed by atoms with Crippen molar-refractivity contribution in [2.45, 2.75) is 50.3 Å². The molecule has 0 aromatic heterocycles. The van der Waals surface area contributed by atoms with Gasteiger partial charge in [-0.1, -0.05) is 0 Å². The van der Waals surface area contributed by atoms with Crippen LogP contribution in [0.5, 0.6) is 0 Å². The first-order valence-electron chi connectivity index (χ1n) is 5.27. The molecule has 0 aliphatic carbocycles. The van der Waals surface area contributed by atoms with Gasteiger partial charge in [-0.25, -0.2) is 4.79 Å². The second kappa shape index (κ2) is 6.55. The third-order valence-electron chi connectivity index (χ3n) is 1.83. The second-order valence-corrected chi connectivity index (χ2v) is 6.93. The number of halogens is 2. The van der Waals surface area contributed by atoms with Crippen molar-refractivity contribution >= 4 is 29.4 Å². The van der Waals surface area contributed by atoms with Crippen molar-refractivity contribution in [1.82, 2.24) is 0 Å². The lowest BCUT2D eigenvalue weighted by Crippen LogP contribution is -2.19. The zero-order chi connectivity index (χ0) is 12.8. The number of carbonyl (C=O) groups excluding carboxylic acids is 1. The lowest BCUT2D eigenvalue weighted by Gasteiger charge is -2.16. The van der Waals surface area contributed by atoms with E-state index in [1.54, 1.807) is 0 Å². The van der Waals surface area contributed by atoms with E-state index < -0.39 is 6.16 Å². The predicted octanol–water partition coefficient (Wildman–Crippen LogP) is 3.95. The summed E-state index contributed by atoms with van der Waals surface area (Å²) < 4.78 is 9.69. The summed E-state index contributed by atoms with van der Waals surface area (Å²) in [5.41, 5.74) is 0. The van der Waals surface area contributed by atoms with Crippen molar-refractivity contribution in [3.8, 4) is 0 Å². The molecule has 0 rings (SSSR count). The Hall–Kier alpha value is -0.150. The van der Waals surface area contributed by atoms with Gasteiger partial charge >= 0.3 is 6.16 Å². The molecule has 0 heterocycles. The zero-order valence-corrected chi connectivity index (χ0v) is 11.8. The van der Waals surface area contributed by atoms with Crippen LogP contribution in [0.25, 0.3) is 0 Å². The fourth-order valence-electron chi connectivity index (χ4n) is 0.796. The van der Waals surface area contributed by atoms with E-state index in [2.05, 4.69) is 0 Å². The molecule has 0 saturated heterocycles. The summed E-state index contributed by atoms with van der Waals surface area (Å²) in [4.78, 5) is 10.4. The molecule has 0 spiro atoms. The van der Waals surface area contributed by atoms with Gasteiger partial charge in [0.1, 0.15) is 0 Å². The third kappa shape index (κ3) is 11.9. The van der Waals surface area contributed by atoms with E-state index in [1.165, 1.54) is 0 Å². The van der Waals surface area contributed by atoms with Gasteiger partial charge in [-0.15, -0.1) is 23.2 Å². The molecule has 0 amide bonds. The molecule has 96 valence electrons. The Morgan fingerprint density at radius 1 is 0.938 bits per heavy atom. The summed E-state index contributed by atoms with van der Waals surface area (Å²) in [6.45, 7) is 7.97. The van der Waals surface area contributed by atoms with Gasteiger partial charge in [-0.2, -0.15) is 0 Å². The van der Waals surface area contributed by atoms with Crippen LogP contribution in [0.2, 0.25) is 0 Å². The molecule has 0 aliphatic rings. The molecule has 0 saturated carbocycles. The Bertz CT molecular complexity index is 194. The van der Waals surface area contributed by atoms with Crippen LogP contribution in [-0.2, 0) is 9.47 Å². The lowest BCUT2D eigenvalue weighted by atomic mass is 10.1. The van der Waals surface area contributed by atoms with Crippen LogP contribution in [0.4, 0.5) is 4.79 Å². The smallest absolute Gasteiger partial charge is 0.434 e. The molecule has 5 heteroatoms. The highest BCUT2D eigenvalue weighted by atomic mass is 35.5. The molecular weight excluding hydrogens is 251 g/mol. The number of rotatable bonds is 6. The molecule has 0 unspecified atom stereocenters. The van der Waals surface area contributed by atoms with Crippen LogP contribution in [-0.4, -0.2) is 29.1 Å². The Balaban J connectivity index is 3.53. The maximum absolute atomic E-state index is 11.1. The first kappa shape index (κ1) is 15.9. The highest BCUT2D eigenvalue weighted by molar-refractivity contribution is 6.23. The lowest BCUT2D eigenvalue weighted by molar-refractivity contribution is 0.0510. The summed E-state index contributed by atoms with van der Waals surface area (Å²) in [5, 5.41) is 0. The Labute approximate surface area is 107 Å². The number of ether oxygens (including phenoxy) is 2. The van der Waals surface area contributed by atoms with Crippen molar-refractivity contribution < 1.29 is 14.3 Å².